The van der Waals surface area contributed by atoms with Crippen molar-refractivity contribution < 1.29 is 17.9 Å². The van der Waals surface area contributed by atoms with Crippen molar-refractivity contribution in [3.05, 3.63) is 41.3 Å². The van der Waals surface area contributed by atoms with Gasteiger partial charge in [-0.3, -0.25) is 4.79 Å². The molecule has 2 aliphatic rings. The largest absolute Gasteiger partial charge is 0.495 e. The van der Waals surface area contributed by atoms with Gasteiger partial charge < -0.3 is 10.1 Å². The van der Waals surface area contributed by atoms with Crippen LogP contribution in [0.3, 0.4) is 0 Å². The zero-order valence-electron chi connectivity index (χ0n) is 21.8. The SMILES string of the molecule is COc1ccc(-c2c(C(=O)NC3CCCCC3)nn3c(C)cc(C)nc23)cc1S(=O)(=O)N1CCCCC1. The summed E-state index contributed by atoms with van der Waals surface area (Å²) in [5, 5.41) is 7.84. The van der Waals surface area contributed by atoms with E-state index in [1.807, 2.05) is 19.9 Å². The Kier molecular flexibility index (Phi) is 7.22. The predicted molar refractivity (Wildman–Crippen MR) is 141 cm³/mol. The fraction of sp³-hybridized carbons (Fsp3) is 0.519. The topological polar surface area (TPSA) is 106 Å². The summed E-state index contributed by atoms with van der Waals surface area (Å²) in [4.78, 5) is 18.4. The van der Waals surface area contributed by atoms with Crippen molar-refractivity contribution in [2.45, 2.75) is 76.2 Å². The van der Waals surface area contributed by atoms with Gasteiger partial charge in [-0.25, -0.2) is 17.9 Å². The Bertz CT molecular complexity index is 1420. The minimum absolute atomic E-state index is 0.0942. The first kappa shape index (κ1) is 25.7. The molecule has 1 N–H and O–H groups in total. The number of piperidine rings is 1. The molecule has 1 aromatic carbocycles. The van der Waals surface area contributed by atoms with Crippen molar-refractivity contribution in [1.82, 2.24) is 24.2 Å². The Morgan fingerprint density at radius 1 is 1.03 bits per heavy atom. The molecule has 2 aromatic heterocycles. The summed E-state index contributed by atoms with van der Waals surface area (Å²) in [6.45, 7) is 4.79. The molecule has 198 valence electrons. The summed E-state index contributed by atoms with van der Waals surface area (Å²) in [6, 6.07) is 7.06. The smallest absolute Gasteiger partial charge is 0.272 e. The Labute approximate surface area is 218 Å². The van der Waals surface area contributed by atoms with Gasteiger partial charge in [0.15, 0.2) is 11.3 Å². The normalized spacial score (nSPS) is 17.7. The summed E-state index contributed by atoms with van der Waals surface area (Å²) in [6.07, 6.45) is 7.98. The van der Waals surface area contributed by atoms with Crippen molar-refractivity contribution in [2.24, 2.45) is 0 Å². The molecule has 3 heterocycles. The van der Waals surface area contributed by atoms with Crippen LogP contribution in [0.1, 0.15) is 73.2 Å². The maximum absolute atomic E-state index is 13.7. The summed E-state index contributed by atoms with van der Waals surface area (Å²) in [5.74, 6) is 0.0139. The van der Waals surface area contributed by atoms with Crippen LogP contribution in [0.15, 0.2) is 29.2 Å². The van der Waals surface area contributed by atoms with Gasteiger partial charge in [0.1, 0.15) is 10.6 Å². The number of benzene rings is 1. The van der Waals surface area contributed by atoms with Crippen molar-refractivity contribution in [3.63, 3.8) is 0 Å². The lowest BCUT2D eigenvalue weighted by Gasteiger charge is -2.26. The standard InChI is InChI=1S/C27H35N5O4S/c1-18-16-19(2)32-26(28-18)24(25(30-32)27(33)29-21-10-6-4-7-11-21)20-12-13-22(36-3)23(17-20)37(34,35)31-14-8-5-9-15-31/h12-13,16-17,21H,4-11,14-15H2,1-3H3,(H,29,33). The molecule has 2 fully saturated rings. The van der Waals surface area contributed by atoms with Crippen molar-refractivity contribution in [1.29, 1.82) is 0 Å². The zero-order valence-corrected chi connectivity index (χ0v) is 22.6. The highest BCUT2D eigenvalue weighted by Crippen LogP contribution is 2.36. The molecular weight excluding hydrogens is 490 g/mol. The Balaban J connectivity index is 1.65. The summed E-state index contributed by atoms with van der Waals surface area (Å²) < 4.78 is 36.0. The second-order valence-corrected chi connectivity index (χ2v) is 12.0. The number of fused-ring (bicyclic) bond motifs is 1. The third-order valence-corrected chi connectivity index (χ3v) is 9.36. The van der Waals surface area contributed by atoms with E-state index < -0.39 is 10.0 Å². The Hall–Kier alpha value is -2.98. The Morgan fingerprint density at radius 2 is 1.73 bits per heavy atom. The molecule has 0 radical (unpaired) electrons. The van der Waals surface area contributed by atoms with E-state index in [9.17, 15) is 13.2 Å². The van der Waals surface area contributed by atoms with E-state index in [0.29, 0.717) is 29.9 Å². The van der Waals surface area contributed by atoms with E-state index in [1.54, 1.807) is 22.7 Å². The van der Waals surface area contributed by atoms with E-state index in [4.69, 9.17) is 9.72 Å². The molecule has 9 nitrogen and oxygen atoms in total. The van der Waals surface area contributed by atoms with E-state index >= 15 is 0 Å². The summed E-state index contributed by atoms with van der Waals surface area (Å²) in [5.41, 5.74) is 3.50. The average Bonchev–Trinajstić information content (AvgIpc) is 3.29. The van der Waals surface area contributed by atoms with Crippen LogP contribution in [0.25, 0.3) is 16.8 Å². The number of amides is 1. The first-order valence-electron chi connectivity index (χ1n) is 13.2. The van der Waals surface area contributed by atoms with Gasteiger partial charge in [0, 0.05) is 30.5 Å². The lowest BCUT2D eigenvalue weighted by atomic mass is 9.95. The van der Waals surface area contributed by atoms with Crippen LogP contribution >= 0.6 is 0 Å². The number of ether oxygens (including phenoxy) is 1. The number of hydrogen-bond acceptors (Lipinski definition) is 6. The lowest BCUT2D eigenvalue weighted by molar-refractivity contribution is 0.0923. The van der Waals surface area contributed by atoms with Gasteiger partial charge >= 0.3 is 0 Å². The second kappa shape index (κ2) is 10.4. The number of carbonyl (C=O) groups excluding carboxylic acids is 1. The van der Waals surface area contributed by atoms with Crippen LogP contribution in [0, 0.1) is 13.8 Å². The fourth-order valence-corrected chi connectivity index (χ4v) is 7.22. The van der Waals surface area contributed by atoms with Crippen LogP contribution < -0.4 is 10.1 Å². The van der Waals surface area contributed by atoms with Gasteiger partial charge in [-0.2, -0.15) is 9.40 Å². The van der Waals surface area contributed by atoms with Gasteiger partial charge in [-0.15, -0.1) is 0 Å². The fourth-order valence-electron chi connectivity index (χ4n) is 5.52. The van der Waals surface area contributed by atoms with Crippen molar-refractivity contribution in [2.75, 3.05) is 20.2 Å². The first-order valence-corrected chi connectivity index (χ1v) is 14.6. The third kappa shape index (κ3) is 4.96. The zero-order chi connectivity index (χ0) is 26.2. The first-order chi connectivity index (χ1) is 17.8. The molecule has 1 aliphatic carbocycles. The number of methoxy groups -OCH3 is 1. The predicted octanol–water partition coefficient (Wildman–Crippen LogP) is 4.26. The lowest BCUT2D eigenvalue weighted by Crippen LogP contribution is -2.36. The van der Waals surface area contributed by atoms with Crippen molar-refractivity contribution in [3.8, 4) is 16.9 Å². The molecule has 1 saturated carbocycles. The van der Waals surface area contributed by atoms with Gasteiger partial charge in [0.2, 0.25) is 10.0 Å². The molecule has 3 aromatic rings. The molecule has 1 aliphatic heterocycles. The number of nitrogens with one attached hydrogen (secondary N) is 1. The number of aromatic nitrogens is 3. The maximum Gasteiger partial charge on any atom is 0.272 e. The maximum atomic E-state index is 13.7. The van der Waals surface area contributed by atoms with Gasteiger partial charge in [-0.1, -0.05) is 31.7 Å². The minimum Gasteiger partial charge on any atom is -0.495 e. The molecule has 0 atom stereocenters. The van der Waals surface area contributed by atoms with E-state index in [0.717, 1.165) is 56.3 Å². The highest BCUT2D eigenvalue weighted by Gasteiger charge is 2.31. The molecule has 10 heteroatoms. The summed E-state index contributed by atoms with van der Waals surface area (Å²) >= 11 is 0. The van der Waals surface area contributed by atoms with Crippen LogP contribution in [-0.2, 0) is 10.0 Å². The van der Waals surface area contributed by atoms with E-state index in [-0.39, 0.29) is 28.3 Å². The third-order valence-electron chi connectivity index (χ3n) is 7.44. The molecule has 0 unspecified atom stereocenters. The number of aryl methyl sites for hydroxylation is 2. The quantitative estimate of drug-likeness (QED) is 0.516. The van der Waals surface area contributed by atoms with Gasteiger partial charge in [0.05, 0.1) is 12.7 Å². The monoisotopic (exact) mass is 525 g/mol. The molecule has 5 rings (SSSR count). The highest BCUT2D eigenvalue weighted by atomic mass is 32.2. The molecular formula is C27H35N5O4S. The molecule has 0 bridgehead atoms. The molecule has 1 amide bonds. The molecule has 1 saturated heterocycles. The van der Waals surface area contributed by atoms with Crippen LogP contribution in [0.4, 0.5) is 0 Å². The number of rotatable bonds is 6. The minimum atomic E-state index is -3.78. The number of sulfonamides is 1. The molecule has 0 spiro atoms. The van der Waals surface area contributed by atoms with Gasteiger partial charge in [0.25, 0.3) is 5.91 Å². The van der Waals surface area contributed by atoms with Gasteiger partial charge in [-0.05, 0) is 63.3 Å². The van der Waals surface area contributed by atoms with Crippen LogP contribution in [0.5, 0.6) is 5.75 Å². The average molecular weight is 526 g/mol. The highest BCUT2D eigenvalue weighted by molar-refractivity contribution is 7.89. The second-order valence-electron chi connectivity index (χ2n) is 10.1. The summed E-state index contributed by atoms with van der Waals surface area (Å²) in [7, 11) is -2.31. The van der Waals surface area contributed by atoms with E-state index in [2.05, 4.69) is 10.4 Å². The Morgan fingerprint density at radius 3 is 2.43 bits per heavy atom. The number of nitrogens with zero attached hydrogens (tertiary/aromatic N) is 4. The number of carbonyl (C=O) groups is 1. The van der Waals surface area contributed by atoms with E-state index in [1.165, 1.54) is 17.8 Å². The van der Waals surface area contributed by atoms with Crippen molar-refractivity contribution >= 4 is 21.6 Å². The van der Waals surface area contributed by atoms with Crippen LogP contribution in [-0.4, -0.2) is 59.5 Å². The van der Waals surface area contributed by atoms with Crippen LogP contribution in [0.2, 0.25) is 0 Å². The molecule has 37 heavy (non-hydrogen) atoms. The number of hydrogen-bond donors (Lipinski definition) is 1.